The quantitative estimate of drug-likeness (QED) is 0.891. The van der Waals surface area contributed by atoms with Gasteiger partial charge in [-0.2, -0.15) is 5.10 Å². The number of methoxy groups -OCH3 is 1. The van der Waals surface area contributed by atoms with Crippen molar-refractivity contribution in [3.8, 4) is 17.0 Å². The minimum Gasteiger partial charge on any atom is -0.496 e. The third-order valence-electron chi connectivity index (χ3n) is 5.02. The fraction of sp³-hybridized carbons (Fsp3) is 0.474. The second-order valence-electron chi connectivity index (χ2n) is 7.38. The number of hydrogen-bond acceptors (Lipinski definition) is 4. The van der Waals surface area contributed by atoms with Gasteiger partial charge in [-0.25, -0.2) is 0 Å². The molecular formula is C19H27ClN4O2. The lowest BCUT2D eigenvalue weighted by molar-refractivity contribution is 0.0533. The lowest BCUT2D eigenvalue weighted by Crippen LogP contribution is -2.54. The third kappa shape index (κ3) is 3.71. The average Bonchev–Trinajstić information content (AvgIpc) is 2.98. The number of nitrogens with zero attached hydrogens (tertiary/aromatic N) is 3. The number of ether oxygens (including phenoxy) is 1. The number of amides is 1. The van der Waals surface area contributed by atoms with Crippen LogP contribution >= 0.6 is 12.4 Å². The minimum absolute atomic E-state index is 0. The summed E-state index contributed by atoms with van der Waals surface area (Å²) in [6.45, 7) is 5.54. The van der Waals surface area contributed by atoms with E-state index in [0.717, 1.165) is 12.0 Å². The van der Waals surface area contributed by atoms with Gasteiger partial charge in [0.25, 0.3) is 5.91 Å². The second kappa shape index (κ2) is 7.68. The number of para-hydroxylation sites is 1. The Balaban J connectivity index is 0.00000243. The van der Waals surface area contributed by atoms with E-state index in [1.54, 1.807) is 18.0 Å². The molecule has 6 nitrogen and oxygen atoms in total. The molecule has 3 rings (SSSR count). The van der Waals surface area contributed by atoms with Crippen molar-refractivity contribution < 1.29 is 9.53 Å². The van der Waals surface area contributed by atoms with Crippen LogP contribution in [0, 0.1) is 5.41 Å². The standard InChI is InChI=1S/C19H26N4O2.ClH/c1-19(2)12-23(10-9-16(19)20)18(24)14-11-22(3)21-17(14)13-7-5-6-8-15(13)25-4;/h5-8,11,16H,9-10,12,20H2,1-4H3;1H. The fourth-order valence-corrected chi connectivity index (χ4v) is 3.40. The largest absolute Gasteiger partial charge is 0.496 e. The highest BCUT2D eigenvalue weighted by Gasteiger charge is 2.36. The Kier molecular flexibility index (Phi) is 5.98. The van der Waals surface area contributed by atoms with Crippen molar-refractivity contribution in [3.05, 3.63) is 36.0 Å². The molecule has 7 heteroatoms. The van der Waals surface area contributed by atoms with E-state index < -0.39 is 0 Å². The van der Waals surface area contributed by atoms with Gasteiger partial charge in [-0.1, -0.05) is 26.0 Å². The highest BCUT2D eigenvalue weighted by molar-refractivity contribution is 6.00. The van der Waals surface area contributed by atoms with Crippen LogP contribution in [0.15, 0.2) is 30.5 Å². The molecule has 0 aliphatic carbocycles. The van der Waals surface area contributed by atoms with Gasteiger partial charge in [0.2, 0.25) is 0 Å². The van der Waals surface area contributed by atoms with Crippen molar-refractivity contribution >= 4 is 18.3 Å². The molecule has 0 radical (unpaired) electrons. The van der Waals surface area contributed by atoms with Crippen LogP contribution in [-0.4, -0.2) is 46.8 Å². The third-order valence-corrected chi connectivity index (χ3v) is 5.02. The molecule has 2 aromatic rings. The number of benzene rings is 1. The van der Waals surface area contributed by atoms with Crippen LogP contribution in [0.4, 0.5) is 0 Å². The number of hydrogen-bond donors (Lipinski definition) is 1. The predicted octanol–water partition coefficient (Wildman–Crippen LogP) is 2.72. The van der Waals surface area contributed by atoms with Crippen molar-refractivity contribution in [2.24, 2.45) is 18.2 Å². The van der Waals surface area contributed by atoms with Crippen molar-refractivity contribution in [2.45, 2.75) is 26.3 Å². The Labute approximate surface area is 160 Å². The first-order valence-corrected chi connectivity index (χ1v) is 8.55. The van der Waals surface area contributed by atoms with Gasteiger partial charge in [0, 0.05) is 37.9 Å². The molecule has 2 N–H and O–H groups in total. The van der Waals surface area contributed by atoms with Crippen LogP contribution in [0.2, 0.25) is 0 Å². The Bertz CT molecular complexity index is 788. The SMILES string of the molecule is COc1ccccc1-c1nn(C)cc1C(=O)N1CCC(N)C(C)(C)C1.Cl. The number of piperidine rings is 1. The molecule has 0 saturated carbocycles. The molecule has 1 fully saturated rings. The Morgan fingerprint density at radius 2 is 2.04 bits per heavy atom. The van der Waals surface area contributed by atoms with E-state index in [2.05, 4.69) is 18.9 Å². The van der Waals surface area contributed by atoms with Gasteiger partial charge in [-0.05, 0) is 24.0 Å². The first kappa shape index (κ1) is 20.3. The normalized spacial score (nSPS) is 19.0. The van der Waals surface area contributed by atoms with Crippen LogP contribution in [0.25, 0.3) is 11.3 Å². The first-order valence-electron chi connectivity index (χ1n) is 8.55. The van der Waals surface area contributed by atoms with Crippen LogP contribution in [0.5, 0.6) is 5.75 Å². The number of nitrogens with two attached hydrogens (primary N) is 1. The van der Waals surface area contributed by atoms with Crippen molar-refractivity contribution in [2.75, 3.05) is 20.2 Å². The summed E-state index contributed by atoms with van der Waals surface area (Å²) in [6.07, 6.45) is 2.59. The predicted molar refractivity (Wildman–Crippen MR) is 105 cm³/mol. The summed E-state index contributed by atoms with van der Waals surface area (Å²) in [4.78, 5) is 15.1. The van der Waals surface area contributed by atoms with E-state index in [1.165, 1.54) is 0 Å². The van der Waals surface area contributed by atoms with Gasteiger partial charge in [0.15, 0.2) is 0 Å². The molecule has 1 atom stereocenters. The number of aromatic nitrogens is 2. The molecule has 26 heavy (non-hydrogen) atoms. The summed E-state index contributed by atoms with van der Waals surface area (Å²) in [7, 11) is 3.45. The van der Waals surface area contributed by atoms with Crippen molar-refractivity contribution in [3.63, 3.8) is 0 Å². The van der Waals surface area contributed by atoms with Gasteiger partial charge in [0.05, 0.1) is 12.7 Å². The van der Waals surface area contributed by atoms with Crippen molar-refractivity contribution in [1.29, 1.82) is 0 Å². The van der Waals surface area contributed by atoms with Crippen LogP contribution in [-0.2, 0) is 7.05 Å². The molecule has 0 bridgehead atoms. The summed E-state index contributed by atoms with van der Waals surface area (Å²) in [5.74, 6) is 0.699. The van der Waals surface area contributed by atoms with E-state index in [4.69, 9.17) is 10.5 Å². The van der Waals surface area contributed by atoms with Gasteiger partial charge >= 0.3 is 0 Å². The van der Waals surface area contributed by atoms with Crippen LogP contribution in [0.3, 0.4) is 0 Å². The number of halogens is 1. The molecule has 0 spiro atoms. The minimum atomic E-state index is -0.0965. The zero-order chi connectivity index (χ0) is 18.2. The molecule has 1 amide bonds. The maximum absolute atomic E-state index is 13.2. The van der Waals surface area contributed by atoms with E-state index in [0.29, 0.717) is 30.1 Å². The smallest absolute Gasteiger partial charge is 0.257 e. The molecule has 142 valence electrons. The molecule has 1 aromatic heterocycles. The number of carbonyl (C=O) groups is 1. The number of rotatable bonds is 3. The average molecular weight is 379 g/mol. The molecular weight excluding hydrogens is 352 g/mol. The van der Waals surface area contributed by atoms with E-state index >= 15 is 0 Å². The maximum atomic E-state index is 13.2. The molecule has 1 unspecified atom stereocenters. The van der Waals surface area contributed by atoms with E-state index in [1.807, 2.05) is 36.2 Å². The maximum Gasteiger partial charge on any atom is 0.257 e. The summed E-state index contributed by atoms with van der Waals surface area (Å²) < 4.78 is 7.12. The van der Waals surface area contributed by atoms with Gasteiger partial charge in [0.1, 0.15) is 11.4 Å². The van der Waals surface area contributed by atoms with E-state index in [-0.39, 0.29) is 29.8 Å². The molecule has 1 aromatic carbocycles. The second-order valence-corrected chi connectivity index (χ2v) is 7.38. The van der Waals surface area contributed by atoms with Gasteiger partial charge in [-0.3, -0.25) is 9.48 Å². The van der Waals surface area contributed by atoms with Crippen LogP contribution in [0.1, 0.15) is 30.6 Å². The number of likely N-dealkylation sites (tertiary alicyclic amines) is 1. The molecule has 2 heterocycles. The Hall–Kier alpha value is -2.05. The highest BCUT2D eigenvalue weighted by atomic mass is 35.5. The summed E-state index contributed by atoms with van der Waals surface area (Å²) >= 11 is 0. The lowest BCUT2D eigenvalue weighted by atomic mass is 9.79. The monoisotopic (exact) mass is 378 g/mol. The lowest BCUT2D eigenvalue weighted by Gasteiger charge is -2.42. The summed E-state index contributed by atoms with van der Waals surface area (Å²) in [5.41, 5.74) is 8.18. The van der Waals surface area contributed by atoms with Crippen molar-refractivity contribution in [1.82, 2.24) is 14.7 Å². The van der Waals surface area contributed by atoms with Gasteiger partial charge in [-0.15, -0.1) is 12.4 Å². The number of aryl methyl sites for hydroxylation is 1. The Morgan fingerprint density at radius 1 is 1.35 bits per heavy atom. The molecule has 1 saturated heterocycles. The fourth-order valence-electron chi connectivity index (χ4n) is 3.40. The summed E-state index contributed by atoms with van der Waals surface area (Å²) in [5, 5.41) is 4.52. The zero-order valence-electron chi connectivity index (χ0n) is 15.7. The topological polar surface area (TPSA) is 73.4 Å². The number of carbonyl (C=O) groups excluding carboxylic acids is 1. The molecule has 1 aliphatic rings. The van der Waals surface area contributed by atoms with Crippen LogP contribution < -0.4 is 10.5 Å². The Morgan fingerprint density at radius 3 is 2.69 bits per heavy atom. The van der Waals surface area contributed by atoms with E-state index in [9.17, 15) is 4.79 Å². The van der Waals surface area contributed by atoms with Gasteiger partial charge < -0.3 is 15.4 Å². The summed E-state index contributed by atoms with van der Waals surface area (Å²) in [6, 6.07) is 7.74. The first-order chi connectivity index (χ1) is 11.8. The molecule has 1 aliphatic heterocycles. The highest BCUT2D eigenvalue weighted by Crippen LogP contribution is 2.33. The zero-order valence-corrected chi connectivity index (χ0v) is 16.5.